The van der Waals surface area contributed by atoms with Crippen molar-refractivity contribution in [2.24, 2.45) is 17.6 Å². The third-order valence-electron chi connectivity index (χ3n) is 3.85. The maximum Gasteiger partial charge on any atom is 0.107 e. The van der Waals surface area contributed by atoms with Crippen LogP contribution in [0.3, 0.4) is 0 Å². The molecule has 0 aliphatic carbocycles. The van der Waals surface area contributed by atoms with Gasteiger partial charge in [0.2, 0.25) is 0 Å². The minimum absolute atomic E-state index is 0.504. The lowest BCUT2D eigenvalue weighted by Gasteiger charge is -2.15. The SMILES string of the molecule is CCc1[nH]c(CC(CN)CC(C)C)nc1-c1ccccc1. The van der Waals surface area contributed by atoms with Gasteiger partial charge in [-0.05, 0) is 31.2 Å². The average Bonchev–Trinajstić information content (AvgIpc) is 2.90. The molecule has 0 amide bonds. The highest BCUT2D eigenvalue weighted by atomic mass is 14.9. The van der Waals surface area contributed by atoms with Gasteiger partial charge in [-0.25, -0.2) is 4.98 Å². The van der Waals surface area contributed by atoms with E-state index < -0.39 is 0 Å². The number of imidazole rings is 1. The molecule has 0 bridgehead atoms. The third kappa shape index (κ3) is 4.18. The number of aromatic amines is 1. The average molecular weight is 285 g/mol. The number of nitrogens with one attached hydrogen (secondary N) is 1. The lowest BCUT2D eigenvalue weighted by molar-refractivity contribution is 0.409. The van der Waals surface area contributed by atoms with E-state index in [0.717, 1.165) is 37.3 Å². The molecule has 1 heterocycles. The maximum atomic E-state index is 5.92. The quantitative estimate of drug-likeness (QED) is 0.813. The Morgan fingerprint density at radius 2 is 1.90 bits per heavy atom. The molecule has 1 aromatic heterocycles. The van der Waals surface area contributed by atoms with E-state index in [4.69, 9.17) is 10.7 Å². The van der Waals surface area contributed by atoms with Crippen LogP contribution in [0.25, 0.3) is 11.3 Å². The number of hydrogen-bond donors (Lipinski definition) is 2. The van der Waals surface area contributed by atoms with E-state index in [1.54, 1.807) is 0 Å². The fraction of sp³-hybridized carbons (Fsp3) is 0.500. The number of aromatic nitrogens is 2. The Morgan fingerprint density at radius 3 is 2.48 bits per heavy atom. The lowest BCUT2D eigenvalue weighted by atomic mass is 9.94. The normalized spacial score (nSPS) is 12.8. The van der Waals surface area contributed by atoms with Crippen LogP contribution in [0.2, 0.25) is 0 Å². The zero-order chi connectivity index (χ0) is 15.2. The lowest BCUT2D eigenvalue weighted by Crippen LogP contribution is -2.19. The summed E-state index contributed by atoms with van der Waals surface area (Å²) in [6, 6.07) is 10.4. The predicted molar refractivity (Wildman–Crippen MR) is 89.1 cm³/mol. The van der Waals surface area contributed by atoms with E-state index in [1.807, 2.05) is 6.07 Å². The number of hydrogen-bond acceptors (Lipinski definition) is 2. The minimum Gasteiger partial charge on any atom is -0.345 e. The van der Waals surface area contributed by atoms with Crippen molar-refractivity contribution in [1.82, 2.24) is 9.97 Å². The number of nitrogens with zero attached hydrogens (tertiary/aromatic N) is 1. The summed E-state index contributed by atoms with van der Waals surface area (Å²) in [4.78, 5) is 8.34. The summed E-state index contributed by atoms with van der Waals surface area (Å²) in [5, 5.41) is 0. The van der Waals surface area contributed by atoms with E-state index in [9.17, 15) is 0 Å². The standard InChI is InChI=1S/C18H27N3/c1-4-16-18(15-8-6-5-7-9-15)21-17(20-16)11-14(12-19)10-13(2)3/h5-9,13-14H,4,10-12,19H2,1-3H3,(H,20,21). The van der Waals surface area contributed by atoms with Gasteiger partial charge in [0, 0.05) is 17.7 Å². The molecule has 2 rings (SSSR count). The fourth-order valence-corrected chi connectivity index (χ4v) is 2.85. The van der Waals surface area contributed by atoms with Gasteiger partial charge in [-0.3, -0.25) is 0 Å². The predicted octanol–water partition coefficient (Wildman–Crippen LogP) is 3.80. The van der Waals surface area contributed by atoms with E-state index in [0.29, 0.717) is 11.8 Å². The van der Waals surface area contributed by atoms with Gasteiger partial charge >= 0.3 is 0 Å². The minimum atomic E-state index is 0.504. The largest absolute Gasteiger partial charge is 0.345 e. The van der Waals surface area contributed by atoms with Crippen molar-refractivity contribution in [3.8, 4) is 11.3 Å². The molecule has 0 saturated carbocycles. The van der Waals surface area contributed by atoms with Crippen molar-refractivity contribution >= 4 is 0 Å². The summed E-state index contributed by atoms with van der Waals surface area (Å²) in [5.74, 6) is 2.25. The Labute approximate surface area is 128 Å². The summed E-state index contributed by atoms with van der Waals surface area (Å²) < 4.78 is 0. The molecule has 1 unspecified atom stereocenters. The molecule has 3 nitrogen and oxygen atoms in total. The van der Waals surface area contributed by atoms with E-state index in [2.05, 4.69) is 50.0 Å². The number of rotatable bonds is 7. The van der Waals surface area contributed by atoms with Crippen molar-refractivity contribution in [2.45, 2.75) is 40.0 Å². The third-order valence-corrected chi connectivity index (χ3v) is 3.85. The first-order valence-corrected chi connectivity index (χ1v) is 7.97. The molecule has 0 aliphatic rings. The first-order chi connectivity index (χ1) is 10.1. The van der Waals surface area contributed by atoms with Gasteiger partial charge in [-0.15, -0.1) is 0 Å². The van der Waals surface area contributed by atoms with Crippen LogP contribution >= 0.6 is 0 Å². The monoisotopic (exact) mass is 285 g/mol. The highest BCUT2D eigenvalue weighted by molar-refractivity contribution is 5.62. The van der Waals surface area contributed by atoms with Gasteiger partial charge in [0.25, 0.3) is 0 Å². The van der Waals surface area contributed by atoms with E-state index >= 15 is 0 Å². The molecule has 0 aliphatic heterocycles. The molecule has 0 saturated heterocycles. The summed E-state index contributed by atoms with van der Waals surface area (Å²) in [7, 11) is 0. The molecule has 0 fully saturated rings. The van der Waals surface area contributed by atoms with Crippen molar-refractivity contribution < 1.29 is 0 Å². The Balaban J connectivity index is 2.21. The summed E-state index contributed by atoms with van der Waals surface area (Å²) >= 11 is 0. The van der Waals surface area contributed by atoms with Crippen LogP contribution in [-0.2, 0) is 12.8 Å². The molecule has 21 heavy (non-hydrogen) atoms. The molecule has 3 N–H and O–H groups in total. The van der Waals surface area contributed by atoms with Gasteiger partial charge in [0.05, 0.1) is 5.69 Å². The first kappa shape index (κ1) is 15.8. The van der Waals surface area contributed by atoms with Crippen molar-refractivity contribution in [3.05, 3.63) is 41.9 Å². The van der Waals surface area contributed by atoms with Gasteiger partial charge < -0.3 is 10.7 Å². The Bertz CT molecular complexity index is 543. The van der Waals surface area contributed by atoms with Gasteiger partial charge in [0.1, 0.15) is 5.82 Å². The Morgan fingerprint density at radius 1 is 1.19 bits per heavy atom. The molecule has 1 atom stereocenters. The highest BCUT2D eigenvalue weighted by Crippen LogP contribution is 2.23. The second-order valence-electron chi connectivity index (χ2n) is 6.17. The summed E-state index contributed by atoms with van der Waals surface area (Å²) in [5.41, 5.74) is 9.41. The number of H-pyrrole nitrogens is 1. The molecular formula is C18H27N3. The molecule has 0 radical (unpaired) electrons. The maximum absolute atomic E-state index is 5.92. The van der Waals surface area contributed by atoms with E-state index in [1.165, 1.54) is 11.3 Å². The van der Waals surface area contributed by atoms with Gasteiger partial charge in [-0.1, -0.05) is 51.1 Å². The van der Waals surface area contributed by atoms with Crippen LogP contribution in [-0.4, -0.2) is 16.5 Å². The van der Waals surface area contributed by atoms with Crippen molar-refractivity contribution in [2.75, 3.05) is 6.54 Å². The van der Waals surface area contributed by atoms with Crippen molar-refractivity contribution in [1.29, 1.82) is 0 Å². The summed E-state index contributed by atoms with van der Waals surface area (Å²) in [6.07, 6.45) is 3.06. The van der Waals surface area contributed by atoms with Crippen LogP contribution in [0.15, 0.2) is 30.3 Å². The van der Waals surface area contributed by atoms with Crippen LogP contribution in [0.5, 0.6) is 0 Å². The smallest absolute Gasteiger partial charge is 0.107 e. The fourth-order valence-electron chi connectivity index (χ4n) is 2.85. The summed E-state index contributed by atoms with van der Waals surface area (Å²) in [6.45, 7) is 7.38. The molecular weight excluding hydrogens is 258 g/mol. The first-order valence-electron chi connectivity index (χ1n) is 7.97. The van der Waals surface area contributed by atoms with Gasteiger partial charge in [-0.2, -0.15) is 0 Å². The molecule has 114 valence electrons. The molecule has 1 aromatic carbocycles. The second kappa shape index (κ2) is 7.41. The topological polar surface area (TPSA) is 54.7 Å². The molecule has 0 spiro atoms. The molecule has 3 heteroatoms. The van der Waals surface area contributed by atoms with Crippen LogP contribution in [0.1, 0.15) is 38.7 Å². The number of aryl methyl sites for hydroxylation is 1. The molecule has 2 aromatic rings. The Hall–Kier alpha value is -1.61. The van der Waals surface area contributed by atoms with Crippen LogP contribution < -0.4 is 5.73 Å². The van der Waals surface area contributed by atoms with Crippen molar-refractivity contribution in [3.63, 3.8) is 0 Å². The second-order valence-corrected chi connectivity index (χ2v) is 6.17. The number of nitrogens with two attached hydrogens (primary N) is 1. The van der Waals surface area contributed by atoms with Gasteiger partial charge in [0.15, 0.2) is 0 Å². The van der Waals surface area contributed by atoms with Crippen LogP contribution in [0.4, 0.5) is 0 Å². The zero-order valence-corrected chi connectivity index (χ0v) is 13.4. The van der Waals surface area contributed by atoms with Crippen LogP contribution in [0, 0.1) is 11.8 Å². The highest BCUT2D eigenvalue weighted by Gasteiger charge is 2.15. The zero-order valence-electron chi connectivity index (χ0n) is 13.4. The Kier molecular flexibility index (Phi) is 5.57. The number of benzene rings is 1. The van der Waals surface area contributed by atoms with E-state index in [-0.39, 0.29) is 0 Å².